The fourth-order valence-corrected chi connectivity index (χ4v) is 5.90. The largest absolute Gasteiger partial charge is 0.324 e. The third-order valence-electron chi connectivity index (χ3n) is 6.40. The highest BCUT2D eigenvalue weighted by atomic mass is 32.1. The number of hydrogen-bond acceptors (Lipinski definition) is 5. The molecule has 0 aliphatic heterocycles. The van der Waals surface area contributed by atoms with E-state index in [1.54, 1.807) is 11.3 Å². The monoisotopic (exact) mass is 438 g/mol. The predicted octanol–water partition coefficient (Wildman–Crippen LogP) is 4.57. The van der Waals surface area contributed by atoms with Crippen molar-refractivity contribution >= 4 is 33.1 Å². The fraction of sp³-hybridized carbons (Fsp3) is 0.500. The molecule has 1 aromatic carbocycles. The van der Waals surface area contributed by atoms with E-state index in [0.29, 0.717) is 16.1 Å². The van der Waals surface area contributed by atoms with Crippen molar-refractivity contribution in [2.45, 2.75) is 67.3 Å². The summed E-state index contributed by atoms with van der Waals surface area (Å²) in [6.07, 6.45) is 2.93. The number of aryl methyl sites for hydroxylation is 4. The van der Waals surface area contributed by atoms with E-state index in [4.69, 9.17) is 0 Å². The van der Waals surface area contributed by atoms with Crippen LogP contribution in [0.5, 0.6) is 0 Å². The molecule has 2 heterocycles. The zero-order valence-electron chi connectivity index (χ0n) is 19.1. The van der Waals surface area contributed by atoms with Gasteiger partial charge in [-0.25, -0.2) is 4.68 Å². The van der Waals surface area contributed by atoms with Gasteiger partial charge in [-0.2, -0.15) is 0 Å². The maximum absolute atomic E-state index is 13.2. The van der Waals surface area contributed by atoms with Gasteiger partial charge in [0.05, 0.1) is 5.39 Å². The second kappa shape index (κ2) is 7.86. The summed E-state index contributed by atoms with van der Waals surface area (Å²) in [5.74, 6) is 0.317. The molecule has 4 rings (SSSR count). The highest BCUT2D eigenvalue weighted by Gasteiger charge is 2.32. The molecule has 0 unspecified atom stereocenters. The molecule has 3 aromatic rings. The van der Waals surface area contributed by atoms with Crippen LogP contribution in [0.4, 0.5) is 5.69 Å². The first-order valence-corrected chi connectivity index (χ1v) is 11.6. The van der Waals surface area contributed by atoms with Crippen molar-refractivity contribution in [3.05, 3.63) is 49.6 Å². The average Bonchev–Trinajstić information content (AvgIpc) is 3.04. The lowest BCUT2D eigenvalue weighted by Gasteiger charge is -2.33. The molecular formula is C24H30N4O2S. The smallest absolute Gasteiger partial charge is 0.279 e. The molecule has 31 heavy (non-hydrogen) atoms. The molecule has 7 heteroatoms. The molecule has 1 amide bonds. The summed E-state index contributed by atoms with van der Waals surface area (Å²) in [5.41, 5.74) is 5.07. The van der Waals surface area contributed by atoms with Gasteiger partial charge in [0.15, 0.2) is 4.83 Å². The topological polar surface area (TPSA) is 76.9 Å². The lowest BCUT2D eigenvalue weighted by atomic mass is 9.72. The van der Waals surface area contributed by atoms with Gasteiger partial charge in [0.25, 0.3) is 5.56 Å². The van der Waals surface area contributed by atoms with Crippen LogP contribution in [0.3, 0.4) is 0 Å². The molecule has 1 N–H and O–H groups in total. The maximum atomic E-state index is 13.2. The van der Waals surface area contributed by atoms with Gasteiger partial charge in [-0.1, -0.05) is 43.7 Å². The predicted molar refractivity (Wildman–Crippen MR) is 126 cm³/mol. The van der Waals surface area contributed by atoms with Gasteiger partial charge in [0.1, 0.15) is 6.54 Å². The quantitative estimate of drug-likeness (QED) is 0.650. The van der Waals surface area contributed by atoms with Crippen molar-refractivity contribution < 1.29 is 4.79 Å². The molecule has 2 aromatic heterocycles. The summed E-state index contributed by atoms with van der Waals surface area (Å²) in [5, 5.41) is 11.9. The standard InChI is InChI=1S/C24H30N4O2S/c1-13-9-14(2)21(15(3)10-13)25-19(29)12-28-23(30)20-17-8-7-16(24(4,5)6)11-18(17)31-22(20)26-27-28/h9-10,16H,7-8,11-12H2,1-6H3,(H,25,29)/t16-/m1/s1. The molecule has 6 nitrogen and oxygen atoms in total. The minimum absolute atomic E-state index is 0.149. The summed E-state index contributed by atoms with van der Waals surface area (Å²) >= 11 is 1.58. The minimum Gasteiger partial charge on any atom is -0.324 e. The Hall–Kier alpha value is -2.54. The van der Waals surface area contributed by atoms with Gasteiger partial charge in [-0.3, -0.25) is 9.59 Å². The number of nitrogens with zero attached hydrogens (tertiary/aromatic N) is 3. The van der Waals surface area contributed by atoms with Crippen molar-refractivity contribution in [2.75, 3.05) is 5.32 Å². The third-order valence-corrected chi connectivity index (χ3v) is 7.54. The van der Waals surface area contributed by atoms with E-state index in [1.165, 1.54) is 9.56 Å². The zero-order valence-corrected chi connectivity index (χ0v) is 19.9. The lowest BCUT2D eigenvalue weighted by molar-refractivity contribution is -0.117. The van der Waals surface area contributed by atoms with Crippen LogP contribution in [-0.4, -0.2) is 20.9 Å². The number of thiophene rings is 1. The number of rotatable bonds is 3. The number of carbonyl (C=O) groups is 1. The van der Waals surface area contributed by atoms with E-state index in [-0.39, 0.29) is 23.4 Å². The van der Waals surface area contributed by atoms with E-state index in [9.17, 15) is 9.59 Å². The highest BCUT2D eigenvalue weighted by molar-refractivity contribution is 7.18. The molecule has 0 saturated carbocycles. The Morgan fingerprint density at radius 1 is 1.23 bits per heavy atom. The summed E-state index contributed by atoms with van der Waals surface area (Å²) in [6.45, 7) is 12.6. The average molecular weight is 439 g/mol. The van der Waals surface area contributed by atoms with Gasteiger partial charge in [-0.05, 0) is 68.1 Å². The Balaban J connectivity index is 1.61. The number of nitrogens with one attached hydrogen (secondary N) is 1. The molecule has 0 spiro atoms. The minimum atomic E-state index is -0.275. The lowest BCUT2D eigenvalue weighted by Crippen LogP contribution is -2.31. The van der Waals surface area contributed by atoms with Gasteiger partial charge < -0.3 is 5.32 Å². The molecule has 0 fully saturated rings. The van der Waals surface area contributed by atoms with E-state index >= 15 is 0 Å². The van der Waals surface area contributed by atoms with Crippen molar-refractivity contribution in [3.8, 4) is 0 Å². The second-order valence-electron chi connectivity index (χ2n) is 9.86. The Kier molecular flexibility index (Phi) is 5.50. The van der Waals surface area contributed by atoms with Crippen LogP contribution in [0, 0.1) is 32.1 Å². The van der Waals surface area contributed by atoms with Gasteiger partial charge in [0.2, 0.25) is 5.91 Å². The number of amides is 1. The summed E-state index contributed by atoms with van der Waals surface area (Å²) in [7, 11) is 0. The maximum Gasteiger partial charge on any atom is 0.279 e. The molecule has 0 bridgehead atoms. The molecule has 1 atom stereocenters. The Morgan fingerprint density at radius 2 is 1.90 bits per heavy atom. The van der Waals surface area contributed by atoms with Crippen LogP contribution in [0.2, 0.25) is 0 Å². The molecule has 1 aliphatic carbocycles. The van der Waals surface area contributed by atoms with Crippen molar-refractivity contribution in [1.82, 2.24) is 15.0 Å². The Bertz CT molecular complexity index is 1210. The number of anilines is 1. The number of carbonyl (C=O) groups excluding carboxylic acids is 1. The van der Waals surface area contributed by atoms with Gasteiger partial charge >= 0.3 is 0 Å². The SMILES string of the molecule is Cc1cc(C)c(NC(=O)Cn2nnc3sc4c(c3c2=O)CC[C@@H](C(C)(C)C)C4)c(C)c1. The number of benzene rings is 1. The highest BCUT2D eigenvalue weighted by Crippen LogP contribution is 2.41. The van der Waals surface area contributed by atoms with E-state index in [1.807, 2.05) is 32.9 Å². The van der Waals surface area contributed by atoms with Crippen LogP contribution in [-0.2, 0) is 24.2 Å². The summed E-state index contributed by atoms with van der Waals surface area (Å²) < 4.78 is 1.19. The number of fused-ring (bicyclic) bond motifs is 3. The van der Waals surface area contributed by atoms with Gasteiger partial charge in [-0.15, -0.1) is 16.4 Å². The summed E-state index contributed by atoms with van der Waals surface area (Å²) in [6, 6.07) is 4.06. The molecule has 164 valence electrons. The van der Waals surface area contributed by atoms with Crippen molar-refractivity contribution in [3.63, 3.8) is 0 Å². The van der Waals surface area contributed by atoms with Crippen LogP contribution in [0.25, 0.3) is 10.2 Å². The Labute approximate surface area is 186 Å². The normalized spacial score (nSPS) is 16.4. The Morgan fingerprint density at radius 3 is 2.55 bits per heavy atom. The van der Waals surface area contributed by atoms with Crippen LogP contribution in [0.15, 0.2) is 16.9 Å². The molecule has 1 aliphatic rings. The van der Waals surface area contributed by atoms with E-state index in [2.05, 4.69) is 36.4 Å². The van der Waals surface area contributed by atoms with E-state index in [0.717, 1.165) is 47.2 Å². The molecule has 0 saturated heterocycles. The number of hydrogen-bond donors (Lipinski definition) is 1. The van der Waals surface area contributed by atoms with Crippen molar-refractivity contribution in [1.29, 1.82) is 0 Å². The van der Waals surface area contributed by atoms with Crippen molar-refractivity contribution in [2.24, 2.45) is 11.3 Å². The first kappa shape index (κ1) is 21.7. The molecule has 0 radical (unpaired) electrons. The first-order valence-electron chi connectivity index (χ1n) is 10.8. The fourth-order valence-electron chi connectivity index (χ4n) is 4.66. The third kappa shape index (κ3) is 4.15. The van der Waals surface area contributed by atoms with Crippen LogP contribution < -0.4 is 10.9 Å². The van der Waals surface area contributed by atoms with Crippen LogP contribution >= 0.6 is 11.3 Å². The van der Waals surface area contributed by atoms with Gasteiger partial charge in [0, 0.05) is 10.6 Å². The second-order valence-corrected chi connectivity index (χ2v) is 10.9. The zero-order chi connectivity index (χ0) is 22.5. The van der Waals surface area contributed by atoms with Crippen LogP contribution in [0.1, 0.15) is 54.3 Å². The first-order chi connectivity index (χ1) is 14.5. The summed E-state index contributed by atoms with van der Waals surface area (Å²) in [4.78, 5) is 27.8. The molecular weight excluding hydrogens is 408 g/mol. The number of aromatic nitrogens is 3. The van der Waals surface area contributed by atoms with E-state index < -0.39 is 0 Å².